The topological polar surface area (TPSA) is 40.5 Å². The number of hydrogen-bond donors (Lipinski definition) is 1. The Bertz CT molecular complexity index is 232. The summed E-state index contributed by atoms with van der Waals surface area (Å²) in [5.41, 5.74) is 0.263. The third-order valence-corrected chi connectivity index (χ3v) is 3.39. The summed E-state index contributed by atoms with van der Waals surface area (Å²) in [4.78, 5) is 13.2. The maximum Gasteiger partial charge on any atom is 0.143 e. The molecule has 1 N–H and O–H groups in total. The molecule has 0 aliphatic carbocycles. The molecule has 0 radical (unpaired) electrons. The fraction of sp³-hybridized carbons (Fsp3) is 0.917. The van der Waals surface area contributed by atoms with Crippen molar-refractivity contribution in [2.24, 2.45) is 11.3 Å². The molecule has 0 aromatic heterocycles. The number of rotatable bonds is 3. The minimum Gasteiger partial charge on any atom is -0.395 e. The molecule has 2 unspecified atom stereocenters. The fourth-order valence-electron chi connectivity index (χ4n) is 2.28. The van der Waals surface area contributed by atoms with Gasteiger partial charge in [-0.3, -0.25) is 9.69 Å². The Balaban J connectivity index is 2.62. The minimum absolute atomic E-state index is 0.167. The highest BCUT2D eigenvalue weighted by Gasteiger charge is 2.37. The zero-order valence-electron chi connectivity index (χ0n) is 10.3. The summed E-state index contributed by atoms with van der Waals surface area (Å²) >= 11 is 0. The number of ketones is 1. The molecule has 2 atom stereocenters. The smallest absolute Gasteiger partial charge is 0.143 e. The lowest BCUT2D eigenvalue weighted by molar-refractivity contribution is -0.118. The van der Waals surface area contributed by atoms with E-state index in [0.29, 0.717) is 12.5 Å². The van der Waals surface area contributed by atoms with Crippen LogP contribution < -0.4 is 0 Å². The Morgan fingerprint density at radius 2 is 2.07 bits per heavy atom. The standard InChI is InChI=1S/C12H23NO2/c1-9(15)6-13-7-10(12(2,3)4)5-11(13)8-14/h10-11,14H,5-8H2,1-4H3. The number of aliphatic hydroxyl groups is 1. The van der Waals surface area contributed by atoms with Crippen LogP contribution in [0.4, 0.5) is 0 Å². The monoisotopic (exact) mass is 213 g/mol. The highest BCUT2D eigenvalue weighted by Crippen LogP contribution is 2.36. The van der Waals surface area contributed by atoms with Crippen molar-refractivity contribution in [1.82, 2.24) is 4.90 Å². The van der Waals surface area contributed by atoms with Gasteiger partial charge in [0.15, 0.2) is 0 Å². The SMILES string of the molecule is CC(=O)CN1CC(C(C)(C)C)CC1CO. The van der Waals surface area contributed by atoms with E-state index in [1.165, 1.54) is 0 Å². The summed E-state index contributed by atoms with van der Waals surface area (Å²) < 4.78 is 0. The van der Waals surface area contributed by atoms with Gasteiger partial charge in [0.2, 0.25) is 0 Å². The van der Waals surface area contributed by atoms with Crippen LogP contribution in [0, 0.1) is 11.3 Å². The van der Waals surface area contributed by atoms with Crippen LogP contribution in [0.3, 0.4) is 0 Å². The average molecular weight is 213 g/mol. The summed E-state index contributed by atoms with van der Waals surface area (Å²) in [6.45, 7) is 9.88. The lowest BCUT2D eigenvalue weighted by Gasteiger charge is -2.26. The third kappa shape index (κ3) is 3.28. The van der Waals surface area contributed by atoms with Crippen LogP contribution in [0.15, 0.2) is 0 Å². The third-order valence-electron chi connectivity index (χ3n) is 3.39. The molecule has 3 nitrogen and oxygen atoms in total. The van der Waals surface area contributed by atoms with Crippen LogP contribution in [0.2, 0.25) is 0 Å². The molecule has 88 valence electrons. The Labute approximate surface area is 92.5 Å². The predicted molar refractivity (Wildman–Crippen MR) is 60.7 cm³/mol. The van der Waals surface area contributed by atoms with Crippen LogP contribution in [-0.4, -0.2) is 41.5 Å². The number of carbonyl (C=O) groups excluding carboxylic acids is 1. The van der Waals surface area contributed by atoms with Crippen molar-refractivity contribution in [2.75, 3.05) is 19.7 Å². The molecule has 1 saturated heterocycles. The van der Waals surface area contributed by atoms with Gasteiger partial charge in [0.1, 0.15) is 5.78 Å². The second-order valence-corrected chi connectivity index (χ2v) is 5.77. The van der Waals surface area contributed by atoms with Crippen LogP contribution in [0.1, 0.15) is 34.1 Å². The van der Waals surface area contributed by atoms with Crippen LogP contribution in [0.25, 0.3) is 0 Å². The van der Waals surface area contributed by atoms with Crippen molar-refractivity contribution in [1.29, 1.82) is 0 Å². The molecule has 1 aliphatic rings. The molecule has 1 rings (SSSR count). The van der Waals surface area contributed by atoms with Crippen molar-refractivity contribution >= 4 is 5.78 Å². The van der Waals surface area contributed by atoms with Gasteiger partial charge in [0.05, 0.1) is 13.2 Å². The van der Waals surface area contributed by atoms with Crippen molar-refractivity contribution < 1.29 is 9.90 Å². The van der Waals surface area contributed by atoms with Gasteiger partial charge in [-0.15, -0.1) is 0 Å². The number of aliphatic hydroxyl groups excluding tert-OH is 1. The summed E-state index contributed by atoms with van der Waals surface area (Å²) in [6.07, 6.45) is 1.01. The van der Waals surface area contributed by atoms with E-state index in [0.717, 1.165) is 13.0 Å². The van der Waals surface area contributed by atoms with E-state index < -0.39 is 0 Å². The maximum atomic E-state index is 11.1. The van der Waals surface area contributed by atoms with E-state index >= 15 is 0 Å². The minimum atomic E-state index is 0.167. The first kappa shape index (κ1) is 12.7. The Kier molecular flexibility index (Phi) is 3.90. The summed E-state index contributed by atoms with van der Waals surface area (Å²) in [5.74, 6) is 0.761. The molecule has 1 fully saturated rings. The van der Waals surface area contributed by atoms with Gasteiger partial charge in [0, 0.05) is 12.6 Å². The molecule has 1 aliphatic heterocycles. The fourth-order valence-corrected chi connectivity index (χ4v) is 2.28. The van der Waals surface area contributed by atoms with E-state index in [-0.39, 0.29) is 23.8 Å². The van der Waals surface area contributed by atoms with Gasteiger partial charge in [0.25, 0.3) is 0 Å². The van der Waals surface area contributed by atoms with E-state index in [2.05, 4.69) is 25.7 Å². The molecule has 0 saturated carbocycles. The molecule has 0 aromatic rings. The quantitative estimate of drug-likeness (QED) is 0.768. The molecule has 15 heavy (non-hydrogen) atoms. The van der Waals surface area contributed by atoms with E-state index in [1.807, 2.05) is 0 Å². The van der Waals surface area contributed by atoms with Gasteiger partial charge < -0.3 is 5.11 Å². The Morgan fingerprint density at radius 3 is 2.47 bits per heavy atom. The Hall–Kier alpha value is -0.410. The number of hydrogen-bond acceptors (Lipinski definition) is 3. The lowest BCUT2D eigenvalue weighted by Crippen LogP contribution is -2.36. The van der Waals surface area contributed by atoms with Gasteiger partial charge in [-0.2, -0.15) is 0 Å². The molecular weight excluding hydrogens is 190 g/mol. The zero-order valence-corrected chi connectivity index (χ0v) is 10.3. The van der Waals surface area contributed by atoms with Gasteiger partial charge in [-0.05, 0) is 24.7 Å². The van der Waals surface area contributed by atoms with Gasteiger partial charge in [-0.1, -0.05) is 20.8 Å². The van der Waals surface area contributed by atoms with Gasteiger partial charge in [-0.25, -0.2) is 0 Å². The lowest BCUT2D eigenvalue weighted by atomic mass is 9.79. The number of carbonyl (C=O) groups is 1. The largest absolute Gasteiger partial charge is 0.395 e. The van der Waals surface area contributed by atoms with E-state index in [4.69, 9.17) is 0 Å². The predicted octanol–water partition coefficient (Wildman–Crippen LogP) is 1.30. The molecule has 1 heterocycles. The summed E-state index contributed by atoms with van der Waals surface area (Å²) in [6, 6.07) is 0.179. The second-order valence-electron chi connectivity index (χ2n) is 5.77. The van der Waals surface area contributed by atoms with Crippen molar-refractivity contribution in [3.8, 4) is 0 Å². The van der Waals surface area contributed by atoms with E-state index in [9.17, 15) is 9.90 Å². The molecule has 0 amide bonds. The second kappa shape index (κ2) is 4.62. The summed E-state index contributed by atoms with van der Waals surface area (Å²) in [5, 5.41) is 9.28. The van der Waals surface area contributed by atoms with E-state index in [1.54, 1.807) is 6.92 Å². The van der Waals surface area contributed by atoms with Crippen molar-refractivity contribution in [3.63, 3.8) is 0 Å². The molecule has 0 spiro atoms. The average Bonchev–Trinajstić information content (AvgIpc) is 2.45. The van der Waals surface area contributed by atoms with Crippen molar-refractivity contribution in [2.45, 2.75) is 40.2 Å². The number of nitrogens with zero attached hydrogens (tertiary/aromatic N) is 1. The van der Waals surface area contributed by atoms with Crippen molar-refractivity contribution in [3.05, 3.63) is 0 Å². The number of Topliss-reactive ketones (excluding diaryl/α,β-unsaturated/α-hetero) is 1. The highest BCUT2D eigenvalue weighted by molar-refractivity contribution is 5.77. The maximum absolute atomic E-state index is 11.1. The molecule has 3 heteroatoms. The number of likely N-dealkylation sites (tertiary alicyclic amines) is 1. The Morgan fingerprint density at radius 1 is 1.47 bits per heavy atom. The van der Waals surface area contributed by atoms with Gasteiger partial charge >= 0.3 is 0 Å². The first-order valence-corrected chi connectivity index (χ1v) is 5.69. The first-order chi connectivity index (χ1) is 6.84. The summed E-state index contributed by atoms with van der Waals surface area (Å²) in [7, 11) is 0. The first-order valence-electron chi connectivity index (χ1n) is 5.69. The normalized spacial score (nSPS) is 28.3. The van der Waals surface area contributed by atoms with Crippen LogP contribution in [-0.2, 0) is 4.79 Å². The molecule has 0 bridgehead atoms. The zero-order chi connectivity index (χ0) is 11.6. The van der Waals surface area contributed by atoms with Crippen LogP contribution >= 0.6 is 0 Å². The molecule has 0 aromatic carbocycles. The highest BCUT2D eigenvalue weighted by atomic mass is 16.3. The van der Waals surface area contributed by atoms with Crippen LogP contribution in [0.5, 0.6) is 0 Å². The molecular formula is C12H23NO2.